The van der Waals surface area contributed by atoms with Crippen LogP contribution in [0, 0.1) is 15.5 Å². The maximum absolute atomic E-state index is 12.0. The van der Waals surface area contributed by atoms with E-state index in [4.69, 9.17) is 5.14 Å². The Labute approximate surface area is 170 Å². The standard InChI is InChI=1S/C16H25N5O5S.ClH/c1-16(5-8-18-9-6-16)11-20-15(22)4-7-19-13-3-2-12(27(17,25)26)10-14(13)21(23)24;/h2-3,10,18-19H,4-9,11H2,1H3,(H,20,22)(H2,17,25,26);1H. The molecule has 1 saturated heterocycles. The topological polar surface area (TPSA) is 156 Å². The molecule has 1 aliphatic rings. The van der Waals surface area contributed by atoms with Crippen LogP contribution in [0.15, 0.2) is 23.1 Å². The lowest BCUT2D eigenvalue weighted by Gasteiger charge is -2.34. The zero-order valence-corrected chi connectivity index (χ0v) is 17.2. The summed E-state index contributed by atoms with van der Waals surface area (Å²) in [5, 5.41) is 25.1. The minimum Gasteiger partial charge on any atom is -0.379 e. The van der Waals surface area contributed by atoms with Crippen molar-refractivity contribution in [3.63, 3.8) is 0 Å². The fourth-order valence-electron chi connectivity index (χ4n) is 2.91. The van der Waals surface area contributed by atoms with Gasteiger partial charge >= 0.3 is 0 Å². The van der Waals surface area contributed by atoms with Gasteiger partial charge in [0, 0.05) is 25.6 Å². The lowest BCUT2D eigenvalue weighted by atomic mass is 9.81. The molecule has 1 aliphatic heterocycles. The van der Waals surface area contributed by atoms with Crippen molar-refractivity contribution < 1.29 is 18.1 Å². The van der Waals surface area contributed by atoms with Gasteiger partial charge in [-0.1, -0.05) is 6.92 Å². The van der Waals surface area contributed by atoms with Crippen molar-refractivity contribution in [3.8, 4) is 0 Å². The first-order chi connectivity index (χ1) is 12.6. The minimum atomic E-state index is -4.03. The average molecular weight is 436 g/mol. The van der Waals surface area contributed by atoms with E-state index in [1.165, 1.54) is 12.1 Å². The predicted molar refractivity (Wildman–Crippen MR) is 108 cm³/mol. The van der Waals surface area contributed by atoms with Crippen LogP contribution in [0.1, 0.15) is 26.2 Å². The molecule has 0 unspecified atom stereocenters. The van der Waals surface area contributed by atoms with E-state index in [9.17, 15) is 23.3 Å². The van der Waals surface area contributed by atoms with E-state index in [2.05, 4.69) is 22.9 Å². The highest BCUT2D eigenvalue weighted by molar-refractivity contribution is 7.89. The number of nitrogens with two attached hydrogens (primary N) is 1. The summed E-state index contributed by atoms with van der Waals surface area (Å²) in [5.41, 5.74) is -0.203. The average Bonchev–Trinajstić information content (AvgIpc) is 2.60. The number of amides is 1. The summed E-state index contributed by atoms with van der Waals surface area (Å²) in [7, 11) is -4.03. The quantitative estimate of drug-likeness (QED) is 0.350. The minimum absolute atomic E-state index is 0. The molecule has 28 heavy (non-hydrogen) atoms. The van der Waals surface area contributed by atoms with Crippen LogP contribution in [0.2, 0.25) is 0 Å². The number of hydrogen-bond acceptors (Lipinski definition) is 7. The molecule has 158 valence electrons. The van der Waals surface area contributed by atoms with E-state index < -0.39 is 20.6 Å². The van der Waals surface area contributed by atoms with Gasteiger partial charge in [0.15, 0.2) is 0 Å². The van der Waals surface area contributed by atoms with Crippen molar-refractivity contribution in [2.45, 2.75) is 31.1 Å². The molecule has 0 aromatic heterocycles. The fourth-order valence-corrected chi connectivity index (χ4v) is 3.44. The highest BCUT2D eigenvalue weighted by Gasteiger charge is 2.27. The number of sulfonamides is 1. The van der Waals surface area contributed by atoms with Gasteiger partial charge in [-0.25, -0.2) is 13.6 Å². The zero-order chi connectivity index (χ0) is 20.1. The molecule has 0 radical (unpaired) electrons. The smallest absolute Gasteiger partial charge is 0.293 e. The Kier molecular flexibility index (Phi) is 8.61. The van der Waals surface area contributed by atoms with E-state index in [0.29, 0.717) is 6.54 Å². The van der Waals surface area contributed by atoms with E-state index in [1.807, 2.05) is 0 Å². The Morgan fingerprint density at radius 3 is 2.57 bits per heavy atom. The lowest BCUT2D eigenvalue weighted by Crippen LogP contribution is -2.43. The van der Waals surface area contributed by atoms with Crippen molar-refractivity contribution in [3.05, 3.63) is 28.3 Å². The number of rotatable bonds is 8. The summed E-state index contributed by atoms with van der Waals surface area (Å²) in [6, 6.07) is 3.35. The number of carbonyl (C=O) groups is 1. The van der Waals surface area contributed by atoms with Crippen LogP contribution < -0.4 is 21.1 Å². The molecular weight excluding hydrogens is 410 g/mol. The SMILES string of the molecule is CC1(CNC(=O)CCNc2ccc(S(N)(=O)=O)cc2[N+](=O)[O-])CCNCC1.Cl. The summed E-state index contributed by atoms with van der Waals surface area (Å²) < 4.78 is 22.7. The molecule has 1 heterocycles. The number of anilines is 1. The van der Waals surface area contributed by atoms with Crippen molar-refractivity contribution in [1.82, 2.24) is 10.6 Å². The number of halogens is 1. The summed E-state index contributed by atoms with van der Waals surface area (Å²) in [6.07, 6.45) is 2.13. The summed E-state index contributed by atoms with van der Waals surface area (Å²) in [6.45, 7) is 4.79. The third kappa shape index (κ3) is 6.89. The van der Waals surface area contributed by atoms with E-state index in [0.717, 1.165) is 32.0 Å². The van der Waals surface area contributed by atoms with Crippen molar-refractivity contribution in [2.24, 2.45) is 10.6 Å². The Morgan fingerprint density at radius 1 is 1.36 bits per heavy atom. The van der Waals surface area contributed by atoms with Gasteiger partial charge < -0.3 is 16.0 Å². The maximum Gasteiger partial charge on any atom is 0.293 e. The van der Waals surface area contributed by atoms with Crippen LogP contribution >= 0.6 is 12.4 Å². The Bertz CT molecular complexity index is 812. The van der Waals surface area contributed by atoms with Crippen LogP contribution in [0.5, 0.6) is 0 Å². The normalized spacial score (nSPS) is 15.9. The second kappa shape index (κ2) is 10.0. The van der Waals surface area contributed by atoms with Crippen molar-refractivity contribution >= 4 is 39.7 Å². The lowest BCUT2D eigenvalue weighted by molar-refractivity contribution is -0.384. The third-order valence-corrected chi connectivity index (χ3v) is 5.60. The first-order valence-corrected chi connectivity index (χ1v) is 10.2. The van der Waals surface area contributed by atoms with E-state index in [1.54, 1.807) is 0 Å². The molecule has 5 N–H and O–H groups in total. The molecule has 1 aromatic rings. The Balaban J connectivity index is 0.00000392. The van der Waals surface area contributed by atoms with Gasteiger partial charge in [0.25, 0.3) is 5.69 Å². The molecule has 2 rings (SSSR count). The molecule has 0 saturated carbocycles. The molecule has 10 nitrogen and oxygen atoms in total. The fraction of sp³-hybridized carbons (Fsp3) is 0.562. The van der Waals surface area contributed by atoms with Crippen LogP contribution in [0.4, 0.5) is 11.4 Å². The molecular formula is C16H26ClN5O5S. The summed E-state index contributed by atoms with van der Waals surface area (Å²) in [5.74, 6) is -0.147. The number of carbonyl (C=O) groups excluding carboxylic acids is 1. The largest absolute Gasteiger partial charge is 0.379 e. The molecule has 0 bridgehead atoms. The molecule has 0 aliphatic carbocycles. The van der Waals surface area contributed by atoms with Gasteiger partial charge in [-0.3, -0.25) is 14.9 Å². The van der Waals surface area contributed by atoms with Crippen molar-refractivity contribution in [1.29, 1.82) is 0 Å². The molecule has 12 heteroatoms. The van der Waals surface area contributed by atoms with E-state index in [-0.39, 0.29) is 47.3 Å². The number of nitrogens with zero attached hydrogens (tertiary/aromatic N) is 1. The number of nitro groups is 1. The molecule has 1 amide bonds. The van der Waals surface area contributed by atoms with Gasteiger partial charge in [-0.2, -0.15) is 0 Å². The molecule has 0 atom stereocenters. The van der Waals surface area contributed by atoms with Gasteiger partial charge in [0.1, 0.15) is 5.69 Å². The first-order valence-electron chi connectivity index (χ1n) is 8.63. The van der Waals surface area contributed by atoms with Gasteiger partial charge in [0.05, 0.1) is 9.82 Å². The molecule has 1 fully saturated rings. The molecule has 0 spiro atoms. The monoisotopic (exact) mass is 435 g/mol. The third-order valence-electron chi connectivity index (χ3n) is 4.68. The zero-order valence-electron chi connectivity index (χ0n) is 15.6. The van der Waals surface area contributed by atoms with Crippen LogP contribution in [-0.2, 0) is 14.8 Å². The Hall–Kier alpha value is -1.95. The second-order valence-corrected chi connectivity index (χ2v) is 8.56. The predicted octanol–water partition coefficient (Wildman–Crippen LogP) is 0.972. The highest BCUT2D eigenvalue weighted by Crippen LogP contribution is 2.28. The highest BCUT2D eigenvalue weighted by atomic mass is 35.5. The number of hydrogen-bond donors (Lipinski definition) is 4. The molecule has 1 aromatic carbocycles. The van der Waals surface area contributed by atoms with Crippen LogP contribution in [0.3, 0.4) is 0 Å². The number of piperidine rings is 1. The Morgan fingerprint density at radius 2 is 2.00 bits per heavy atom. The summed E-state index contributed by atoms with van der Waals surface area (Å²) >= 11 is 0. The number of nitro benzene ring substituents is 1. The van der Waals surface area contributed by atoms with Crippen molar-refractivity contribution in [2.75, 3.05) is 31.5 Å². The van der Waals surface area contributed by atoms with Gasteiger partial charge in [-0.15, -0.1) is 12.4 Å². The number of benzene rings is 1. The number of primary sulfonamides is 1. The van der Waals surface area contributed by atoms with Crippen LogP contribution in [-0.4, -0.2) is 45.4 Å². The number of nitrogens with one attached hydrogen (secondary N) is 3. The van der Waals surface area contributed by atoms with Gasteiger partial charge in [0.2, 0.25) is 15.9 Å². The van der Waals surface area contributed by atoms with Gasteiger partial charge in [-0.05, 0) is 43.5 Å². The van der Waals surface area contributed by atoms with E-state index >= 15 is 0 Å². The summed E-state index contributed by atoms with van der Waals surface area (Å²) in [4.78, 5) is 22.1. The van der Waals surface area contributed by atoms with Crippen LogP contribution in [0.25, 0.3) is 0 Å². The maximum atomic E-state index is 12.0. The second-order valence-electron chi connectivity index (χ2n) is 7.00. The first kappa shape index (κ1) is 24.1.